The molecule has 0 bridgehead atoms. The third-order valence-corrected chi connectivity index (χ3v) is 4.06. The van der Waals surface area contributed by atoms with Gasteiger partial charge < -0.3 is 20.3 Å². The molecule has 9 heteroatoms. The average molecular weight is 359 g/mol. The fraction of sp³-hybridized carbons (Fsp3) is 0.500. The minimum Gasteiger partial charge on any atom is -0.405 e. The zero-order chi connectivity index (χ0) is 18.6. The van der Waals surface area contributed by atoms with E-state index in [1.807, 2.05) is 0 Å². The number of primary amides is 1. The van der Waals surface area contributed by atoms with Gasteiger partial charge in [-0.05, 0) is 18.9 Å². The Morgan fingerprint density at radius 1 is 1.36 bits per heavy atom. The number of carbonyl (C=O) groups excluding carboxylic acids is 2. The number of carbonyl (C=O) groups is 2. The van der Waals surface area contributed by atoms with Crippen molar-refractivity contribution in [2.24, 2.45) is 11.7 Å². The van der Waals surface area contributed by atoms with Crippen LogP contribution in [0.4, 0.5) is 18.0 Å². The van der Waals surface area contributed by atoms with Crippen LogP contribution in [-0.2, 0) is 11.3 Å². The van der Waals surface area contributed by atoms with Crippen molar-refractivity contribution in [3.63, 3.8) is 0 Å². The van der Waals surface area contributed by atoms with E-state index in [4.69, 9.17) is 5.73 Å². The van der Waals surface area contributed by atoms with Crippen LogP contribution in [0.2, 0.25) is 0 Å². The van der Waals surface area contributed by atoms with Crippen molar-refractivity contribution >= 4 is 11.9 Å². The van der Waals surface area contributed by atoms with Crippen LogP contribution in [0.15, 0.2) is 24.3 Å². The number of nitrogens with zero attached hydrogens (tertiary/aromatic N) is 2. The molecule has 1 fully saturated rings. The summed E-state index contributed by atoms with van der Waals surface area (Å²) < 4.78 is 41.4. The summed E-state index contributed by atoms with van der Waals surface area (Å²) >= 11 is 0. The Balaban J connectivity index is 2.05. The maximum absolute atomic E-state index is 12.6. The molecule has 0 unspecified atom stereocenters. The number of hydrogen-bond donors (Lipinski definition) is 1. The topological polar surface area (TPSA) is 75.9 Å². The van der Waals surface area contributed by atoms with Gasteiger partial charge in [-0.1, -0.05) is 18.2 Å². The molecule has 2 N–H and O–H groups in total. The first kappa shape index (κ1) is 18.9. The maximum atomic E-state index is 12.6. The normalized spacial score (nSPS) is 17.9. The number of para-hydroxylation sites is 1. The lowest BCUT2D eigenvalue weighted by Gasteiger charge is -2.33. The van der Waals surface area contributed by atoms with Gasteiger partial charge in [-0.2, -0.15) is 0 Å². The average Bonchev–Trinajstić information content (AvgIpc) is 2.54. The Morgan fingerprint density at radius 3 is 2.68 bits per heavy atom. The highest BCUT2D eigenvalue weighted by Gasteiger charge is 2.33. The summed E-state index contributed by atoms with van der Waals surface area (Å²) in [5.74, 6) is -0.994. The van der Waals surface area contributed by atoms with Crippen molar-refractivity contribution < 1.29 is 27.5 Å². The molecular formula is C16H20F3N3O3. The lowest BCUT2D eigenvalue weighted by molar-refractivity contribution is -0.275. The second-order valence-corrected chi connectivity index (χ2v) is 5.97. The minimum absolute atomic E-state index is 0.0296. The van der Waals surface area contributed by atoms with E-state index in [2.05, 4.69) is 4.74 Å². The molecule has 1 aromatic rings. The molecule has 1 aliphatic rings. The summed E-state index contributed by atoms with van der Waals surface area (Å²) in [5.41, 5.74) is 5.50. The van der Waals surface area contributed by atoms with Gasteiger partial charge in [0.25, 0.3) is 0 Å². The summed E-state index contributed by atoms with van der Waals surface area (Å²) in [6.45, 7) is 0.697. The Morgan fingerprint density at radius 2 is 2.04 bits per heavy atom. The molecule has 0 aliphatic carbocycles. The van der Waals surface area contributed by atoms with Gasteiger partial charge in [-0.3, -0.25) is 4.79 Å². The Bertz CT molecular complexity index is 637. The van der Waals surface area contributed by atoms with Crippen molar-refractivity contribution in [2.45, 2.75) is 25.7 Å². The number of amides is 3. The van der Waals surface area contributed by atoms with E-state index in [-0.39, 0.29) is 30.3 Å². The summed E-state index contributed by atoms with van der Waals surface area (Å²) in [6, 6.07) is 5.10. The number of nitrogens with two attached hydrogens (primary N) is 1. The highest BCUT2D eigenvalue weighted by atomic mass is 19.4. The number of likely N-dealkylation sites (tertiary alicyclic amines) is 1. The number of ether oxygens (including phenoxy) is 1. The van der Waals surface area contributed by atoms with Crippen LogP contribution in [0, 0.1) is 5.92 Å². The number of benzene rings is 1. The van der Waals surface area contributed by atoms with E-state index < -0.39 is 18.3 Å². The second kappa shape index (κ2) is 7.62. The van der Waals surface area contributed by atoms with Gasteiger partial charge in [-0.25, -0.2) is 4.79 Å². The lowest BCUT2D eigenvalue weighted by atomic mass is 9.96. The van der Waals surface area contributed by atoms with Crippen LogP contribution in [0.1, 0.15) is 18.4 Å². The van der Waals surface area contributed by atoms with Gasteiger partial charge in [0, 0.05) is 32.2 Å². The highest BCUT2D eigenvalue weighted by molar-refractivity contribution is 5.80. The minimum atomic E-state index is -4.80. The predicted octanol–water partition coefficient (Wildman–Crippen LogP) is 2.33. The van der Waals surface area contributed by atoms with Crippen molar-refractivity contribution in [1.29, 1.82) is 0 Å². The van der Waals surface area contributed by atoms with E-state index in [9.17, 15) is 22.8 Å². The number of halogens is 3. The fourth-order valence-electron chi connectivity index (χ4n) is 2.88. The number of rotatable bonds is 4. The molecule has 1 saturated heterocycles. The molecule has 6 nitrogen and oxygen atoms in total. The smallest absolute Gasteiger partial charge is 0.405 e. The van der Waals surface area contributed by atoms with Crippen LogP contribution in [0.3, 0.4) is 0 Å². The van der Waals surface area contributed by atoms with Gasteiger partial charge in [-0.15, -0.1) is 13.2 Å². The highest BCUT2D eigenvalue weighted by Crippen LogP contribution is 2.27. The SMILES string of the molecule is CN(Cc1ccccc1OC(F)(F)F)C(=O)[C@H]1CCCN(C(N)=O)C1. The van der Waals surface area contributed by atoms with Gasteiger partial charge in [0.2, 0.25) is 5.91 Å². The Hall–Kier alpha value is -2.45. The third kappa shape index (κ3) is 5.27. The monoisotopic (exact) mass is 359 g/mol. The molecule has 2 rings (SSSR count). The van der Waals surface area contributed by atoms with Crippen molar-refractivity contribution in [1.82, 2.24) is 9.80 Å². The fourth-order valence-corrected chi connectivity index (χ4v) is 2.88. The first-order valence-electron chi connectivity index (χ1n) is 7.80. The first-order valence-corrected chi connectivity index (χ1v) is 7.80. The van der Waals surface area contributed by atoms with Gasteiger partial charge in [0.05, 0.1) is 5.92 Å². The number of piperidine rings is 1. The van der Waals surface area contributed by atoms with E-state index in [0.29, 0.717) is 19.4 Å². The molecule has 25 heavy (non-hydrogen) atoms. The summed E-state index contributed by atoms with van der Waals surface area (Å²) in [4.78, 5) is 26.6. The zero-order valence-corrected chi connectivity index (χ0v) is 13.8. The number of alkyl halides is 3. The van der Waals surface area contributed by atoms with Gasteiger partial charge in [0.1, 0.15) is 5.75 Å². The summed E-state index contributed by atoms with van der Waals surface area (Å²) in [5, 5.41) is 0. The van der Waals surface area contributed by atoms with Crippen LogP contribution >= 0.6 is 0 Å². The largest absolute Gasteiger partial charge is 0.573 e. The van der Waals surface area contributed by atoms with E-state index in [0.717, 1.165) is 0 Å². The van der Waals surface area contributed by atoms with Crippen LogP contribution in [0.5, 0.6) is 5.75 Å². The van der Waals surface area contributed by atoms with Crippen molar-refractivity contribution in [3.8, 4) is 5.75 Å². The summed E-state index contributed by atoms with van der Waals surface area (Å²) in [6.07, 6.45) is -3.54. The third-order valence-electron chi connectivity index (χ3n) is 4.06. The molecular weight excluding hydrogens is 339 g/mol. The molecule has 3 amide bonds. The molecule has 0 aromatic heterocycles. The Kier molecular flexibility index (Phi) is 5.76. The van der Waals surface area contributed by atoms with Crippen molar-refractivity contribution in [2.75, 3.05) is 20.1 Å². The predicted molar refractivity (Wildman–Crippen MR) is 83.5 cm³/mol. The van der Waals surface area contributed by atoms with Crippen LogP contribution < -0.4 is 10.5 Å². The number of hydrogen-bond acceptors (Lipinski definition) is 3. The molecule has 1 aromatic carbocycles. The molecule has 1 atom stereocenters. The standard InChI is InChI=1S/C16H20F3N3O3/c1-21(14(23)12-6-4-8-22(10-12)15(20)24)9-11-5-2-3-7-13(11)25-16(17,18)19/h2-3,5,7,12H,4,6,8-10H2,1H3,(H2,20,24)/t12-/m0/s1. The molecule has 0 radical (unpaired) electrons. The quantitative estimate of drug-likeness (QED) is 0.897. The zero-order valence-electron chi connectivity index (χ0n) is 13.8. The van der Waals surface area contributed by atoms with Crippen LogP contribution in [-0.4, -0.2) is 48.2 Å². The van der Waals surface area contributed by atoms with Gasteiger partial charge >= 0.3 is 12.4 Å². The molecule has 1 aliphatic heterocycles. The van der Waals surface area contributed by atoms with E-state index in [1.54, 1.807) is 6.07 Å². The summed E-state index contributed by atoms with van der Waals surface area (Å²) in [7, 11) is 1.51. The molecule has 0 spiro atoms. The number of urea groups is 1. The molecule has 0 saturated carbocycles. The second-order valence-electron chi connectivity index (χ2n) is 5.97. The first-order chi connectivity index (χ1) is 11.7. The van der Waals surface area contributed by atoms with Crippen molar-refractivity contribution in [3.05, 3.63) is 29.8 Å². The molecule has 1 heterocycles. The van der Waals surface area contributed by atoms with Gasteiger partial charge in [0.15, 0.2) is 0 Å². The van der Waals surface area contributed by atoms with Crippen LogP contribution in [0.25, 0.3) is 0 Å². The maximum Gasteiger partial charge on any atom is 0.573 e. The van der Waals surface area contributed by atoms with E-state index in [1.165, 1.54) is 35.0 Å². The Labute approximate surface area is 143 Å². The molecule has 138 valence electrons. The van der Waals surface area contributed by atoms with E-state index >= 15 is 0 Å². The lowest BCUT2D eigenvalue weighted by Crippen LogP contribution is -2.47.